The summed E-state index contributed by atoms with van der Waals surface area (Å²) in [4.78, 5) is 2.71. The van der Waals surface area contributed by atoms with E-state index < -0.39 is 0 Å². The van der Waals surface area contributed by atoms with Crippen LogP contribution in [-0.2, 0) is 0 Å². The Kier molecular flexibility index (Phi) is 3.91. The monoisotopic (exact) mass is 224 g/mol. The molecule has 1 atom stereocenters. The summed E-state index contributed by atoms with van der Waals surface area (Å²) in [5.74, 6) is 0.868. The summed E-state index contributed by atoms with van der Waals surface area (Å²) in [6, 6.07) is 0.752. The minimum Gasteiger partial charge on any atom is -0.311 e. The highest BCUT2D eigenvalue weighted by Gasteiger charge is 2.46. The van der Waals surface area contributed by atoms with Gasteiger partial charge in [-0.2, -0.15) is 0 Å². The quantitative estimate of drug-likeness (QED) is 0.772. The van der Waals surface area contributed by atoms with Crippen LogP contribution in [0.2, 0.25) is 0 Å². The van der Waals surface area contributed by atoms with E-state index in [1.807, 2.05) is 0 Å². The molecule has 1 saturated heterocycles. The molecule has 0 aromatic carbocycles. The first-order chi connectivity index (χ1) is 7.66. The standard InChI is InChI=1S/C14H28N2/c1-4-5-13-10-16(9-8-15-13)11-14(6-7-14)12(2)3/h12-13,15H,4-11H2,1-3H3. The molecule has 2 aliphatic rings. The van der Waals surface area contributed by atoms with E-state index in [9.17, 15) is 0 Å². The minimum atomic E-state index is 0.689. The molecule has 1 heterocycles. The van der Waals surface area contributed by atoms with E-state index in [-0.39, 0.29) is 0 Å². The topological polar surface area (TPSA) is 15.3 Å². The van der Waals surface area contributed by atoms with Crippen LogP contribution in [0.3, 0.4) is 0 Å². The Morgan fingerprint density at radius 2 is 2.12 bits per heavy atom. The van der Waals surface area contributed by atoms with Gasteiger partial charge in [-0.25, -0.2) is 0 Å². The highest BCUT2D eigenvalue weighted by Crippen LogP contribution is 2.52. The van der Waals surface area contributed by atoms with E-state index in [2.05, 4.69) is 31.0 Å². The Balaban J connectivity index is 1.81. The second-order valence-corrected chi connectivity index (χ2v) is 6.19. The van der Waals surface area contributed by atoms with Gasteiger partial charge in [0.15, 0.2) is 0 Å². The third-order valence-corrected chi connectivity index (χ3v) is 4.63. The molecule has 0 spiro atoms. The molecule has 1 saturated carbocycles. The van der Waals surface area contributed by atoms with Crippen molar-refractivity contribution in [3.8, 4) is 0 Å². The second-order valence-electron chi connectivity index (χ2n) is 6.19. The van der Waals surface area contributed by atoms with Crippen LogP contribution in [0.25, 0.3) is 0 Å². The third kappa shape index (κ3) is 2.78. The van der Waals surface area contributed by atoms with Crippen LogP contribution in [0.5, 0.6) is 0 Å². The average molecular weight is 224 g/mol. The Morgan fingerprint density at radius 3 is 2.69 bits per heavy atom. The molecule has 0 amide bonds. The van der Waals surface area contributed by atoms with Gasteiger partial charge in [-0.05, 0) is 30.6 Å². The van der Waals surface area contributed by atoms with Crippen molar-refractivity contribution in [2.24, 2.45) is 11.3 Å². The fourth-order valence-electron chi connectivity index (χ4n) is 3.10. The number of rotatable bonds is 5. The molecule has 0 aromatic rings. The first-order valence-electron chi connectivity index (χ1n) is 7.12. The molecule has 2 nitrogen and oxygen atoms in total. The van der Waals surface area contributed by atoms with E-state index in [1.54, 1.807) is 0 Å². The fourth-order valence-corrected chi connectivity index (χ4v) is 3.10. The summed E-state index contributed by atoms with van der Waals surface area (Å²) in [5.41, 5.74) is 0.689. The van der Waals surface area contributed by atoms with E-state index in [0.29, 0.717) is 5.41 Å². The summed E-state index contributed by atoms with van der Waals surface area (Å²) in [7, 11) is 0. The van der Waals surface area contributed by atoms with E-state index in [0.717, 1.165) is 12.0 Å². The summed E-state index contributed by atoms with van der Waals surface area (Å²) in [5, 5.41) is 3.64. The first-order valence-corrected chi connectivity index (χ1v) is 7.12. The molecule has 0 aromatic heterocycles. The lowest BCUT2D eigenvalue weighted by Crippen LogP contribution is -2.52. The van der Waals surface area contributed by atoms with Crippen molar-refractivity contribution >= 4 is 0 Å². The summed E-state index contributed by atoms with van der Waals surface area (Å²) < 4.78 is 0. The maximum atomic E-state index is 3.64. The number of hydrogen-bond donors (Lipinski definition) is 1. The highest BCUT2D eigenvalue weighted by molar-refractivity contribution is 4.98. The first kappa shape index (κ1) is 12.4. The fraction of sp³-hybridized carbons (Fsp3) is 1.00. The Labute approximate surface area is 101 Å². The predicted octanol–water partition coefficient (Wildman–Crippen LogP) is 2.50. The van der Waals surface area contributed by atoms with Gasteiger partial charge in [-0.3, -0.25) is 4.90 Å². The largest absolute Gasteiger partial charge is 0.311 e. The van der Waals surface area contributed by atoms with Crippen LogP contribution in [-0.4, -0.2) is 37.1 Å². The van der Waals surface area contributed by atoms with Crippen LogP contribution in [0.15, 0.2) is 0 Å². The lowest BCUT2D eigenvalue weighted by Gasteiger charge is -2.37. The molecule has 0 radical (unpaired) electrons. The van der Waals surface area contributed by atoms with Crippen molar-refractivity contribution in [1.29, 1.82) is 0 Å². The van der Waals surface area contributed by atoms with Gasteiger partial charge in [0.2, 0.25) is 0 Å². The molecule has 1 aliphatic heterocycles. The molecule has 16 heavy (non-hydrogen) atoms. The number of hydrogen-bond acceptors (Lipinski definition) is 2. The van der Waals surface area contributed by atoms with Crippen LogP contribution < -0.4 is 5.32 Å². The smallest absolute Gasteiger partial charge is 0.0195 e. The van der Waals surface area contributed by atoms with Crippen molar-refractivity contribution in [3.63, 3.8) is 0 Å². The van der Waals surface area contributed by atoms with Gasteiger partial charge in [-0.15, -0.1) is 0 Å². The SMILES string of the molecule is CCCC1CN(CC2(C(C)C)CC2)CCN1. The maximum Gasteiger partial charge on any atom is 0.0195 e. The maximum absolute atomic E-state index is 3.64. The Hall–Kier alpha value is -0.0800. The molecule has 2 rings (SSSR count). The van der Waals surface area contributed by atoms with Crippen LogP contribution >= 0.6 is 0 Å². The van der Waals surface area contributed by atoms with Crippen molar-refractivity contribution < 1.29 is 0 Å². The number of nitrogens with zero attached hydrogens (tertiary/aromatic N) is 1. The Morgan fingerprint density at radius 1 is 1.38 bits per heavy atom. The molecule has 1 aliphatic carbocycles. The van der Waals surface area contributed by atoms with Gasteiger partial charge in [-0.1, -0.05) is 27.2 Å². The third-order valence-electron chi connectivity index (χ3n) is 4.63. The van der Waals surface area contributed by atoms with Gasteiger partial charge < -0.3 is 5.32 Å². The van der Waals surface area contributed by atoms with E-state index in [4.69, 9.17) is 0 Å². The zero-order valence-electron chi connectivity index (χ0n) is 11.3. The van der Waals surface area contributed by atoms with Gasteiger partial charge in [0.05, 0.1) is 0 Å². The summed E-state index contributed by atoms with van der Waals surface area (Å²) >= 11 is 0. The highest BCUT2D eigenvalue weighted by atomic mass is 15.2. The minimum absolute atomic E-state index is 0.689. The van der Waals surface area contributed by atoms with Gasteiger partial charge in [0.1, 0.15) is 0 Å². The predicted molar refractivity (Wildman–Crippen MR) is 69.6 cm³/mol. The van der Waals surface area contributed by atoms with E-state index >= 15 is 0 Å². The molecule has 2 heteroatoms. The van der Waals surface area contributed by atoms with Crippen LogP contribution in [0.4, 0.5) is 0 Å². The van der Waals surface area contributed by atoms with Crippen LogP contribution in [0, 0.1) is 11.3 Å². The molecule has 1 unspecified atom stereocenters. The van der Waals surface area contributed by atoms with Crippen molar-refractivity contribution in [3.05, 3.63) is 0 Å². The van der Waals surface area contributed by atoms with Gasteiger partial charge >= 0.3 is 0 Å². The van der Waals surface area contributed by atoms with Gasteiger partial charge in [0.25, 0.3) is 0 Å². The molecule has 1 N–H and O–H groups in total. The lowest BCUT2D eigenvalue weighted by atomic mass is 9.91. The zero-order valence-corrected chi connectivity index (χ0v) is 11.3. The lowest BCUT2D eigenvalue weighted by molar-refractivity contribution is 0.141. The number of piperazine rings is 1. The van der Waals surface area contributed by atoms with E-state index in [1.165, 1.54) is 51.9 Å². The van der Waals surface area contributed by atoms with Crippen molar-refractivity contribution in [2.75, 3.05) is 26.2 Å². The van der Waals surface area contributed by atoms with Gasteiger partial charge in [0, 0.05) is 32.2 Å². The average Bonchev–Trinajstić information content (AvgIpc) is 3.00. The second kappa shape index (κ2) is 5.05. The Bertz CT molecular complexity index is 219. The molecule has 0 bridgehead atoms. The molecule has 2 fully saturated rings. The molecule has 94 valence electrons. The number of nitrogens with one attached hydrogen (secondary N) is 1. The zero-order chi connectivity index (χ0) is 11.6. The summed E-state index contributed by atoms with van der Waals surface area (Å²) in [6.45, 7) is 12.2. The molecular formula is C14H28N2. The van der Waals surface area contributed by atoms with Crippen LogP contribution in [0.1, 0.15) is 46.5 Å². The van der Waals surface area contributed by atoms with Crippen molar-refractivity contribution in [2.45, 2.75) is 52.5 Å². The summed E-state index contributed by atoms with van der Waals surface area (Å²) in [6.07, 6.45) is 5.58. The van der Waals surface area contributed by atoms with Crippen molar-refractivity contribution in [1.82, 2.24) is 10.2 Å². The normalized spacial score (nSPS) is 29.6. The molecular weight excluding hydrogens is 196 g/mol.